The minimum Gasteiger partial charge on any atom is -0.395 e. The molecule has 0 aliphatic carbocycles. The molecule has 2 atom stereocenters. The summed E-state index contributed by atoms with van der Waals surface area (Å²) in [7, 11) is 1.49. The van der Waals surface area contributed by atoms with E-state index in [0.717, 1.165) is 0 Å². The van der Waals surface area contributed by atoms with Gasteiger partial charge >= 0.3 is 0 Å². The Morgan fingerprint density at radius 3 is 2.57 bits per heavy atom. The van der Waals surface area contributed by atoms with Crippen molar-refractivity contribution in [3.8, 4) is 0 Å². The van der Waals surface area contributed by atoms with Crippen molar-refractivity contribution in [1.82, 2.24) is 4.90 Å². The van der Waals surface area contributed by atoms with Crippen LogP contribution in [0.25, 0.3) is 0 Å². The largest absolute Gasteiger partial charge is 0.395 e. The Morgan fingerprint density at radius 1 is 1.64 bits per heavy atom. The first kappa shape index (κ1) is 11.8. The summed E-state index contributed by atoms with van der Waals surface area (Å²) in [6.07, 6.45) is -0.464. The number of aliphatic hydroxyl groups excluding tert-OH is 1. The molecule has 0 unspecified atom stereocenters. The second-order valence-electron chi connectivity index (χ2n) is 3.92. The number of likely N-dealkylation sites (tertiary alicyclic amines) is 1. The standard InChI is InChI=1S/C9H16ClNO3/c1-9(2,10)7-6(14-3)8(13)11(7)4-5-12/h6-7,12H,4-5H2,1-3H3/t6-,7-/m0/s1. The highest BCUT2D eigenvalue weighted by molar-refractivity contribution is 6.24. The van der Waals surface area contributed by atoms with Crippen molar-refractivity contribution in [1.29, 1.82) is 0 Å². The van der Waals surface area contributed by atoms with Crippen molar-refractivity contribution in [3.05, 3.63) is 0 Å². The number of carbonyl (C=O) groups is 1. The lowest BCUT2D eigenvalue weighted by molar-refractivity contribution is -0.174. The van der Waals surface area contributed by atoms with Crippen LogP contribution in [-0.4, -0.2) is 53.2 Å². The molecule has 0 aromatic heterocycles. The number of alkyl halides is 1. The SMILES string of the molecule is CO[C@@H]1C(=O)N(CCO)[C@@H]1C(C)(C)Cl. The third-order valence-electron chi connectivity index (χ3n) is 2.45. The van der Waals surface area contributed by atoms with Crippen molar-refractivity contribution in [3.63, 3.8) is 0 Å². The summed E-state index contributed by atoms with van der Waals surface area (Å²) in [6.45, 7) is 3.94. The molecule has 14 heavy (non-hydrogen) atoms. The first-order chi connectivity index (χ1) is 6.43. The van der Waals surface area contributed by atoms with Gasteiger partial charge in [0.05, 0.1) is 17.5 Å². The molecule has 82 valence electrons. The fourth-order valence-electron chi connectivity index (χ4n) is 1.83. The maximum absolute atomic E-state index is 11.5. The Kier molecular flexibility index (Phi) is 3.40. The second-order valence-corrected chi connectivity index (χ2v) is 4.89. The van der Waals surface area contributed by atoms with E-state index in [1.807, 2.05) is 13.8 Å². The van der Waals surface area contributed by atoms with Crippen molar-refractivity contribution in [2.24, 2.45) is 0 Å². The van der Waals surface area contributed by atoms with Crippen LogP contribution >= 0.6 is 11.6 Å². The molecule has 0 bridgehead atoms. The molecule has 5 heteroatoms. The molecule has 1 aliphatic heterocycles. The quantitative estimate of drug-likeness (QED) is 0.546. The second kappa shape index (κ2) is 4.04. The predicted molar refractivity (Wildman–Crippen MR) is 53.3 cm³/mol. The Morgan fingerprint density at radius 2 is 2.21 bits per heavy atom. The molecule has 1 rings (SSSR count). The van der Waals surface area contributed by atoms with Crippen LogP contribution in [0, 0.1) is 0 Å². The lowest BCUT2D eigenvalue weighted by atomic mass is 9.87. The van der Waals surface area contributed by atoms with E-state index in [4.69, 9.17) is 21.4 Å². The van der Waals surface area contributed by atoms with Crippen LogP contribution in [0.15, 0.2) is 0 Å². The van der Waals surface area contributed by atoms with E-state index >= 15 is 0 Å². The van der Waals surface area contributed by atoms with Crippen LogP contribution in [0.1, 0.15) is 13.8 Å². The average molecular weight is 222 g/mol. The Bertz CT molecular complexity index is 227. The lowest BCUT2D eigenvalue weighted by Crippen LogP contribution is -2.71. The van der Waals surface area contributed by atoms with Crippen LogP contribution < -0.4 is 0 Å². The molecule has 1 N–H and O–H groups in total. The normalized spacial score (nSPS) is 27.8. The zero-order valence-corrected chi connectivity index (χ0v) is 9.41. The maximum atomic E-state index is 11.5. The maximum Gasteiger partial charge on any atom is 0.254 e. The summed E-state index contributed by atoms with van der Waals surface area (Å²) in [5.74, 6) is -0.0970. The molecule has 1 aliphatic rings. The highest BCUT2D eigenvalue weighted by atomic mass is 35.5. The number of ether oxygens (including phenoxy) is 1. The van der Waals surface area contributed by atoms with Gasteiger partial charge in [-0.05, 0) is 13.8 Å². The Hall–Kier alpha value is -0.320. The van der Waals surface area contributed by atoms with Gasteiger partial charge in [0.1, 0.15) is 0 Å². The molecule has 1 fully saturated rings. The third-order valence-corrected chi connectivity index (χ3v) is 2.67. The number of β-amino-alcohol motifs (C(OH)–C–C–N with tert-alkyl or cyclic N) is 1. The number of aliphatic hydroxyl groups is 1. The van der Waals surface area contributed by atoms with E-state index in [2.05, 4.69) is 0 Å². The van der Waals surface area contributed by atoms with E-state index in [0.29, 0.717) is 6.54 Å². The smallest absolute Gasteiger partial charge is 0.254 e. The fraction of sp³-hybridized carbons (Fsp3) is 0.889. The first-order valence-electron chi connectivity index (χ1n) is 4.56. The van der Waals surface area contributed by atoms with Crippen molar-refractivity contribution >= 4 is 17.5 Å². The number of rotatable bonds is 4. The van der Waals surface area contributed by atoms with Gasteiger partial charge in [0.25, 0.3) is 5.91 Å². The number of methoxy groups -OCH3 is 1. The molecule has 4 nitrogen and oxygen atoms in total. The molecule has 0 spiro atoms. The van der Waals surface area contributed by atoms with Crippen LogP contribution in [0.5, 0.6) is 0 Å². The van der Waals surface area contributed by atoms with Crippen LogP contribution in [-0.2, 0) is 9.53 Å². The molecule has 1 saturated heterocycles. The summed E-state index contributed by atoms with van der Waals surface area (Å²) in [6, 6.07) is -0.159. The number of halogens is 1. The topological polar surface area (TPSA) is 49.8 Å². The summed E-state index contributed by atoms with van der Waals surface area (Å²) >= 11 is 6.15. The zero-order valence-electron chi connectivity index (χ0n) is 8.66. The summed E-state index contributed by atoms with van der Waals surface area (Å²) in [4.78, 5) is 12.5. The number of nitrogens with zero attached hydrogens (tertiary/aromatic N) is 1. The Labute approximate surface area is 88.8 Å². The van der Waals surface area contributed by atoms with Gasteiger partial charge in [-0.15, -0.1) is 11.6 Å². The zero-order chi connectivity index (χ0) is 10.9. The highest BCUT2D eigenvalue weighted by Crippen LogP contribution is 2.34. The third kappa shape index (κ3) is 1.87. The molecule has 0 aromatic rings. The van der Waals surface area contributed by atoms with Crippen molar-refractivity contribution < 1.29 is 14.6 Å². The van der Waals surface area contributed by atoms with E-state index in [9.17, 15) is 4.79 Å². The minimum atomic E-state index is -0.538. The number of amides is 1. The summed E-state index contributed by atoms with van der Waals surface area (Å²) in [5.41, 5.74) is 0. The molecule has 1 amide bonds. The average Bonchev–Trinajstić information content (AvgIpc) is 2.07. The highest BCUT2D eigenvalue weighted by Gasteiger charge is 2.53. The van der Waals surface area contributed by atoms with Gasteiger partial charge in [-0.2, -0.15) is 0 Å². The van der Waals surface area contributed by atoms with E-state index in [1.54, 1.807) is 4.90 Å². The molecule has 0 aromatic carbocycles. The van der Waals surface area contributed by atoms with Gasteiger partial charge < -0.3 is 14.7 Å². The molecular formula is C9H16ClNO3. The minimum absolute atomic E-state index is 0.0500. The lowest BCUT2D eigenvalue weighted by Gasteiger charge is -2.51. The molecule has 0 saturated carbocycles. The fourth-order valence-corrected chi connectivity index (χ4v) is 2.07. The van der Waals surface area contributed by atoms with Gasteiger partial charge in [-0.25, -0.2) is 0 Å². The monoisotopic (exact) mass is 221 g/mol. The summed E-state index contributed by atoms with van der Waals surface area (Å²) < 4.78 is 5.06. The van der Waals surface area contributed by atoms with Crippen LogP contribution in [0.4, 0.5) is 0 Å². The van der Waals surface area contributed by atoms with E-state index < -0.39 is 11.0 Å². The van der Waals surface area contributed by atoms with Crippen LogP contribution in [0.2, 0.25) is 0 Å². The van der Waals surface area contributed by atoms with Crippen molar-refractivity contribution in [2.45, 2.75) is 30.9 Å². The van der Waals surface area contributed by atoms with Gasteiger partial charge in [-0.1, -0.05) is 0 Å². The van der Waals surface area contributed by atoms with Gasteiger partial charge in [0.15, 0.2) is 6.10 Å². The predicted octanol–water partition coefficient (Wildman–Crippen LogP) is 0.222. The molecular weight excluding hydrogens is 206 g/mol. The Balaban J connectivity index is 2.73. The van der Waals surface area contributed by atoms with Crippen LogP contribution in [0.3, 0.4) is 0 Å². The number of β-lactam (4-membered cyclic amide) rings is 1. The molecule has 1 heterocycles. The number of carbonyl (C=O) groups excluding carboxylic acids is 1. The summed E-state index contributed by atoms with van der Waals surface area (Å²) in [5, 5.41) is 8.78. The van der Waals surface area contributed by atoms with E-state index in [1.165, 1.54) is 7.11 Å². The first-order valence-corrected chi connectivity index (χ1v) is 4.94. The van der Waals surface area contributed by atoms with Crippen molar-refractivity contribution in [2.75, 3.05) is 20.3 Å². The number of hydrogen-bond donors (Lipinski definition) is 1. The number of hydrogen-bond acceptors (Lipinski definition) is 3. The van der Waals surface area contributed by atoms with Gasteiger partial charge in [0.2, 0.25) is 0 Å². The molecule has 0 radical (unpaired) electrons. The van der Waals surface area contributed by atoms with E-state index in [-0.39, 0.29) is 18.6 Å². The van der Waals surface area contributed by atoms with Gasteiger partial charge in [0, 0.05) is 13.7 Å². The van der Waals surface area contributed by atoms with Gasteiger partial charge in [-0.3, -0.25) is 4.79 Å².